The molecule has 11 heteroatoms. The zero-order chi connectivity index (χ0) is 22.3. The Labute approximate surface area is 191 Å². The van der Waals surface area contributed by atoms with E-state index in [0.717, 1.165) is 5.56 Å². The third-order valence-electron chi connectivity index (χ3n) is 4.28. The Bertz CT molecular complexity index is 1210. The highest BCUT2D eigenvalue weighted by Gasteiger charge is 2.14. The number of anilines is 1. The van der Waals surface area contributed by atoms with Crippen LogP contribution in [-0.2, 0) is 11.2 Å². The number of benzene rings is 1. The molecule has 1 N–H and O–H groups in total. The molecule has 0 aliphatic heterocycles. The quantitative estimate of drug-likeness (QED) is 0.222. The maximum atomic E-state index is 12.3. The average Bonchev–Trinajstić information content (AvgIpc) is 3.47. The molecule has 0 fully saturated rings. The lowest BCUT2D eigenvalue weighted by Crippen LogP contribution is -2.12. The van der Waals surface area contributed by atoms with Crippen LogP contribution in [0.5, 0.6) is 0 Å². The van der Waals surface area contributed by atoms with Crippen LogP contribution in [0, 0.1) is 6.92 Å². The van der Waals surface area contributed by atoms with Crippen LogP contribution in [0.1, 0.15) is 28.2 Å². The summed E-state index contributed by atoms with van der Waals surface area (Å²) in [7, 11) is 0. The van der Waals surface area contributed by atoms with Crippen molar-refractivity contribution in [2.24, 2.45) is 0 Å². The second kappa shape index (κ2) is 10.2. The number of nitrogens with one attached hydrogen (secondary N) is 1. The van der Waals surface area contributed by atoms with Crippen molar-refractivity contribution < 1.29 is 14.1 Å². The number of nitrogens with zero attached hydrogens (tertiary/aromatic N) is 5. The van der Waals surface area contributed by atoms with Gasteiger partial charge in [0.25, 0.3) is 0 Å². The first kappa shape index (κ1) is 21.8. The van der Waals surface area contributed by atoms with Crippen LogP contribution in [0.25, 0.3) is 11.5 Å². The van der Waals surface area contributed by atoms with Gasteiger partial charge in [-0.05, 0) is 19.1 Å². The number of aromatic nitrogens is 5. The fourth-order valence-electron chi connectivity index (χ4n) is 2.63. The first-order valence-corrected chi connectivity index (χ1v) is 11.5. The van der Waals surface area contributed by atoms with Crippen LogP contribution in [0.4, 0.5) is 5.13 Å². The molecule has 1 amide bonds. The highest BCUT2D eigenvalue weighted by molar-refractivity contribution is 8.01. The van der Waals surface area contributed by atoms with Crippen molar-refractivity contribution in [3.05, 3.63) is 65.7 Å². The van der Waals surface area contributed by atoms with Crippen LogP contribution in [0.3, 0.4) is 0 Å². The monoisotopic (exact) mass is 466 g/mol. The molecule has 3 aromatic heterocycles. The standard InChI is InChI=1S/C21H18N6O3S2/c1-13-5-7-14(8-6-13)16(28)12-31-21-26-25-20(32-21)23-17(29)9-10-18-24-19(27-30-18)15-4-2-3-11-22-15/h2-8,11H,9-10,12H2,1H3,(H,23,25,29). The Hall–Kier alpha value is -3.44. The van der Waals surface area contributed by atoms with Crippen molar-refractivity contribution in [2.75, 3.05) is 11.1 Å². The van der Waals surface area contributed by atoms with Gasteiger partial charge in [-0.1, -0.05) is 64.2 Å². The highest BCUT2D eigenvalue weighted by atomic mass is 32.2. The molecule has 32 heavy (non-hydrogen) atoms. The third-order valence-corrected chi connectivity index (χ3v) is 6.25. The fraction of sp³-hybridized carbons (Fsp3) is 0.190. The molecule has 4 aromatic rings. The predicted molar refractivity (Wildman–Crippen MR) is 121 cm³/mol. The molecule has 1 aromatic carbocycles. The molecule has 162 valence electrons. The summed E-state index contributed by atoms with van der Waals surface area (Å²) in [5.41, 5.74) is 2.37. The summed E-state index contributed by atoms with van der Waals surface area (Å²) in [4.78, 5) is 32.9. The number of ketones is 1. The third kappa shape index (κ3) is 5.83. The molecule has 0 spiro atoms. The molecule has 0 radical (unpaired) electrons. The lowest BCUT2D eigenvalue weighted by molar-refractivity contribution is -0.116. The van der Waals surface area contributed by atoms with E-state index in [9.17, 15) is 9.59 Å². The van der Waals surface area contributed by atoms with Gasteiger partial charge in [0, 0.05) is 24.6 Å². The zero-order valence-electron chi connectivity index (χ0n) is 17.0. The van der Waals surface area contributed by atoms with E-state index in [1.807, 2.05) is 37.3 Å². The number of hydrogen-bond donors (Lipinski definition) is 1. The van der Waals surface area contributed by atoms with Gasteiger partial charge in [0.05, 0.1) is 5.75 Å². The maximum Gasteiger partial charge on any atom is 0.227 e. The van der Waals surface area contributed by atoms with Crippen molar-refractivity contribution in [1.82, 2.24) is 25.3 Å². The average molecular weight is 467 g/mol. The SMILES string of the molecule is Cc1ccc(C(=O)CSc2nnc(NC(=O)CCc3nc(-c4ccccn4)no3)s2)cc1. The van der Waals surface area contributed by atoms with E-state index >= 15 is 0 Å². The molecule has 0 atom stereocenters. The van der Waals surface area contributed by atoms with Gasteiger partial charge in [-0.2, -0.15) is 4.98 Å². The fourth-order valence-corrected chi connectivity index (χ4v) is 4.29. The molecule has 0 unspecified atom stereocenters. The summed E-state index contributed by atoms with van der Waals surface area (Å²) < 4.78 is 5.79. The van der Waals surface area contributed by atoms with Crippen molar-refractivity contribution in [3.63, 3.8) is 0 Å². The van der Waals surface area contributed by atoms with Crippen molar-refractivity contribution >= 4 is 39.9 Å². The van der Waals surface area contributed by atoms with Gasteiger partial charge in [0.2, 0.25) is 22.8 Å². The minimum Gasteiger partial charge on any atom is -0.339 e. The molecular formula is C21H18N6O3S2. The number of pyridine rings is 1. The Morgan fingerprint density at radius 2 is 1.97 bits per heavy atom. The number of carbonyl (C=O) groups excluding carboxylic acids is 2. The van der Waals surface area contributed by atoms with Gasteiger partial charge >= 0.3 is 0 Å². The molecule has 3 heterocycles. The Balaban J connectivity index is 1.23. The van der Waals surface area contributed by atoms with E-state index in [0.29, 0.717) is 32.4 Å². The molecular weight excluding hydrogens is 448 g/mol. The Kier molecular flexibility index (Phi) is 6.97. The number of carbonyl (C=O) groups is 2. The smallest absolute Gasteiger partial charge is 0.227 e. The Morgan fingerprint density at radius 3 is 2.75 bits per heavy atom. The number of thioether (sulfide) groups is 1. The topological polar surface area (TPSA) is 124 Å². The van der Waals surface area contributed by atoms with Crippen LogP contribution in [-0.4, -0.2) is 42.8 Å². The molecule has 0 saturated carbocycles. The van der Waals surface area contributed by atoms with Gasteiger partial charge in [-0.25, -0.2) is 0 Å². The maximum absolute atomic E-state index is 12.3. The van der Waals surface area contributed by atoms with E-state index in [-0.39, 0.29) is 30.3 Å². The first-order valence-electron chi connectivity index (χ1n) is 9.67. The van der Waals surface area contributed by atoms with E-state index in [1.165, 1.54) is 23.1 Å². The molecule has 0 saturated heterocycles. The second-order valence-corrected chi connectivity index (χ2v) is 8.93. The molecule has 0 aliphatic rings. The molecule has 0 bridgehead atoms. The molecule has 4 rings (SSSR count). The van der Waals surface area contributed by atoms with Gasteiger partial charge in [0.1, 0.15) is 5.69 Å². The van der Waals surface area contributed by atoms with Crippen molar-refractivity contribution in [2.45, 2.75) is 24.1 Å². The number of aryl methyl sites for hydroxylation is 2. The largest absolute Gasteiger partial charge is 0.339 e. The minimum absolute atomic E-state index is 0.0143. The lowest BCUT2D eigenvalue weighted by Gasteiger charge is -2.00. The summed E-state index contributed by atoms with van der Waals surface area (Å²) in [6, 6.07) is 12.8. The predicted octanol–water partition coefficient (Wildman–Crippen LogP) is 3.84. The van der Waals surface area contributed by atoms with Crippen LogP contribution in [0.15, 0.2) is 57.5 Å². The van der Waals surface area contributed by atoms with Gasteiger partial charge in [-0.3, -0.25) is 14.6 Å². The summed E-state index contributed by atoms with van der Waals surface area (Å²) in [6.45, 7) is 1.97. The molecule has 0 aliphatic carbocycles. The molecule has 9 nitrogen and oxygen atoms in total. The summed E-state index contributed by atoms with van der Waals surface area (Å²) >= 11 is 2.51. The zero-order valence-corrected chi connectivity index (χ0v) is 18.7. The lowest BCUT2D eigenvalue weighted by atomic mass is 10.1. The minimum atomic E-state index is -0.244. The normalized spacial score (nSPS) is 10.8. The second-order valence-electron chi connectivity index (χ2n) is 6.73. The van der Waals surface area contributed by atoms with E-state index < -0.39 is 0 Å². The van der Waals surface area contributed by atoms with Crippen LogP contribution in [0.2, 0.25) is 0 Å². The number of rotatable bonds is 9. The van der Waals surface area contributed by atoms with Gasteiger partial charge < -0.3 is 9.84 Å². The van der Waals surface area contributed by atoms with Crippen LogP contribution >= 0.6 is 23.1 Å². The van der Waals surface area contributed by atoms with E-state index in [1.54, 1.807) is 18.3 Å². The summed E-state index contributed by atoms with van der Waals surface area (Å²) in [6.07, 6.45) is 2.08. The first-order chi connectivity index (χ1) is 15.6. The Morgan fingerprint density at radius 1 is 1.12 bits per heavy atom. The van der Waals surface area contributed by atoms with Crippen molar-refractivity contribution in [1.29, 1.82) is 0 Å². The summed E-state index contributed by atoms with van der Waals surface area (Å²) in [5, 5.41) is 14.9. The summed E-state index contributed by atoms with van der Waals surface area (Å²) in [5.74, 6) is 0.754. The number of amides is 1. The van der Waals surface area contributed by atoms with Crippen molar-refractivity contribution in [3.8, 4) is 11.5 Å². The highest BCUT2D eigenvalue weighted by Crippen LogP contribution is 2.26. The van der Waals surface area contributed by atoms with Crippen LogP contribution < -0.4 is 5.32 Å². The number of hydrogen-bond acceptors (Lipinski definition) is 10. The van der Waals surface area contributed by atoms with E-state index in [2.05, 4.69) is 30.6 Å². The van der Waals surface area contributed by atoms with Gasteiger partial charge in [0.15, 0.2) is 10.1 Å². The van der Waals surface area contributed by atoms with Gasteiger partial charge in [-0.15, -0.1) is 10.2 Å². The number of Topliss-reactive ketones (excluding diaryl/α,β-unsaturated/α-hetero) is 1. The van der Waals surface area contributed by atoms with E-state index in [4.69, 9.17) is 4.52 Å².